The Balaban J connectivity index is 1.37. The summed E-state index contributed by atoms with van der Waals surface area (Å²) in [6.07, 6.45) is 2.74. The van der Waals surface area contributed by atoms with E-state index in [0.717, 1.165) is 17.3 Å². The molecule has 5 N–H and O–H groups in total. The first-order valence-corrected chi connectivity index (χ1v) is 13.1. The van der Waals surface area contributed by atoms with Crippen molar-refractivity contribution in [1.29, 1.82) is 0 Å². The fourth-order valence-corrected chi connectivity index (χ4v) is 4.84. The van der Waals surface area contributed by atoms with Gasteiger partial charge in [-0.3, -0.25) is 19.2 Å². The maximum atomic E-state index is 13.2. The third kappa shape index (κ3) is 7.02. The number of nitrogens with two attached hydrogens (primary N) is 1. The van der Waals surface area contributed by atoms with Gasteiger partial charge in [0.25, 0.3) is 5.91 Å². The summed E-state index contributed by atoms with van der Waals surface area (Å²) in [4.78, 5) is 54.4. The fraction of sp³-hybridized carbons (Fsp3) is 0.379. The molecule has 39 heavy (non-hydrogen) atoms. The second-order valence-corrected chi connectivity index (χ2v) is 9.64. The lowest BCUT2D eigenvalue weighted by Gasteiger charge is -2.24. The molecule has 0 spiro atoms. The molecule has 1 fully saturated rings. The van der Waals surface area contributed by atoms with E-state index in [2.05, 4.69) is 15.6 Å². The molecule has 3 aromatic rings. The first-order valence-electron chi connectivity index (χ1n) is 13.1. The van der Waals surface area contributed by atoms with Crippen molar-refractivity contribution in [1.82, 2.24) is 15.6 Å². The van der Waals surface area contributed by atoms with Gasteiger partial charge in [-0.05, 0) is 56.5 Å². The van der Waals surface area contributed by atoms with Crippen LogP contribution < -0.4 is 21.1 Å². The largest absolute Gasteiger partial charge is 0.497 e. The van der Waals surface area contributed by atoms with E-state index in [-0.39, 0.29) is 18.3 Å². The summed E-state index contributed by atoms with van der Waals surface area (Å²) in [5, 5.41) is 6.54. The highest BCUT2D eigenvalue weighted by Crippen LogP contribution is 2.27. The summed E-state index contributed by atoms with van der Waals surface area (Å²) in [6.45, 7) is 0.00518. The second-order valence-electron chi connectivity index (χ2n) is 9.64. The molecule has 1 aliphatic rings. The molecule has 10 heteroatoms. The van der Waals surface area contributed by atoms with Crippen molar-refractivity contribution in [2.24, 2.45) is 11.7 Å². The third-order valence-corrected chi connectivity index (χ3v) is 6.98. The molecule has 10 nitrogen and oxygen atoms in total. The number of aromatic amines is 1. The molecule has 1 heterocycles. The lowest BCUT2D eigenvalue weighted by atomic mass is 10.0. The maximum Gasteiger partial charge on any atom is 0.311 e. The van der Waals surface area contributed by atoms with Crippen molar-refractivity contribution in [2.75, 3.05) is 20.3 Å². The number of H-pyrrole nitrogens is 1. The number of benzene rings is 2. The highest BCUT2D eigenvalue weighted by molar-refractivity contribution is 6.00. The van der Waals surface area contributed by atoms with Crippen molar-refractivity contribution in [3.05, 3.63) is 65.9 Å². The molecule has 2 aromatic carbocycles. The molecule has 2 amide bonds. The molecule has 1 saturated carbocycles. The molecule has 1 aliphatic carbocycles. The van der Waals surface area contributed by atoms with E-state index in [4.69, 9.17) is 15.2 Å². The van der Waals surface area contributed by atoms with Crippen LogP contribution in [0.3, 0.4) is 0 Å². The minimum absolute atomic E-state index is 0.289. The summed E-state index contributed by atoms with van der Waals surface area (Å²) >= 11 is 0. The van der Waals surface area contributed by atoms with E-state index in [0.29, 0.717) is 49.2 Å². The van der Waals surface area contributed by atoms with Gasteiger partial charge in [0, 0.05) is 22.5 Å². The monoisotopic (exact) mass is 534 g/mol. The summed E-state index contributed by atoms with van der Waals surface area (Å²) in [7, 11) is 1.57. The van der Waals surface area contributed by atoms with Crippen LogP contribution in [0.1, 0.15) is 53.0 Å². The summed E-state index contributed by atoms with van der Waals surface area (Å²) in [5.74, 6) is -1.51. The molecule has 0 aliphatic heterocycles. The summed E-state index contributed by atoms with van der Waals surface area (Å²) in [5.41, 5.74) is 7.22. The Morgan fingerprint density at radius 3 is 2.62 bits per heavy atom. The van der Waals surface area contributed by atoms with Crippen molar-refractivity contribution >= 4 is 34.5 Å². The second kappa shape index (κ2) is 13.1. The van der Waals surface area contributed by atoms with Crippen molar-refractivity contribution < 1.29 is 28.7 Å². The van der Waals surface area contributed by atoms with E-state index in [1.54, 1.807) is 49.6 Å². The Morgan fingerprint density at radius 1 is 1.08 bits per heavy atom. The van der Waals surface area contributed by atoms with Gasteiger partial charge in [-0.25, -0.2) is 0 Å². The Bertz CT molecular complexity index is 1320. The van der Waals surface area contributed by atoms with E-state index < -0.39 is 29.9 Å². The van der Waals surface area contributed by atoms with E-state index in [9.17, 15) is 19.2 Å². The molecule has 0 unspecified atom stereocenters. The minimum Gasteiger partial charge on any atom is -0.497 e. The molecule has 0 saturated heterocycles. The van der Waals surface area contributed by atoms with Gasteiger partial charge in [0.05, 0.1) is 13.0 Å². The smallest absolute Gasteiger partial charge is 0.311 e. The number of fused-ring (bicyclic) bond motifs is 1. The van der Waals surface area contributed by atoms with Gasteiger partial charge in [0.2, 0.25) is 5.91 Å². The van der Waals surface area contributed by atoms with Gasteiger partial charge in [-0.15, -0.1) is 0 Å². The Labute approximate surface area is 226 Å². The highest BCUT2D eigenvalue weighted by Gasteiger charge is 2.37. The van der Waals surface area contributed by atoms with Crippen molar-refractivity contribution in [3.8, 4) is 5.75 Å². The van der Waals surface area contributed by atoms with Crippen LogP contribution in [-0.2, 0) is 14.3 Å². The van der Waals surface area contributed by atoms with Gasteiger partial charge >= 0.3 is 5.97 Å². The molecule has 4 rings (SSSR count). The normalized spacial score (nSPS) is 17.4. The maximum absolute atomic E-state index is 13.2. The van der Waals surface area contributed by atoms with E-state index >= 15 is 0 Å². The summed E-state index contributed by atoms with van der Waals surface area (Å²) in [6, 6.07) is 14.4. The number of ether oxygens (including phenoxy) is 2. The predicted octanol–water partition coefficient (Wildman–Crippen LogP) is 2.72. The molecular formula is C29H34N4O6. The van der Waals surface area contributed by atoms with Crippen LogP contribution in [0.4, 0.5) is 0 Å². The SMILES string of the molecule is COc1ccc2[nH]c(C(=O)N[C@@H](CCCN)C(=O)N[C@H]3CCC[C@H]3C(=O)OCC(=O)c3ccccc3)cc2c1. The fourth-order valence-electron chi connectivity index (χ4n) is 4.84. The van der Waals surface area contributed by atoms with Crippen molar-refractivity contribution in [3.63, 3.8) is 0 Å². The van der Waals surface area contributed by atoms with Crippen LogP contribution in [0.5, 0.6) is 5.75 Å². The lowest BCUT2D eigenvalue weighted by Crippen LogP contribution is -2.51. The van der Waals surface area contributed by atoms with Gasteiger partial charge in [0.1, 0.15) is 17.5 Å². The Morgan fingerprint density at radius 2 is 1.87 bits per heavy atom. The number of aromatic nitrogens is 1. The van der Waals surface area contributed by atoms with Crippen molar-refractivity contribution in [2.45, 2.75) is 44.2 Å². The zero-order valence-corrected chi connectivity index (χ0v) is 21.9. The zero-order valence-electron chi connectivity index (χ0n) is 21.9. The number of esters is 1. The van der Waals surface area contributed by atoms with Crippen LogP contribution in [0.25, 0.3) is 10.9 Å². The average Bonchev–Trinajstić information content (AvgIpc) is 3.60. The number of ketones is 1. The standard InChI is InChI=1S/C29H34N4O6/c1-38-20-12-13-22-19(15-20)16-25(31-22)28(36)33-24(11-6-14-30)27(35)32-23-10-5-9-21(23)29(37)39-17-26(34)18-7-3-2-4-8-18/h2-4,7-8,12-13,15-16,21,23-24,31H,5-6,9-11,14,17,30H2,1H3,(H,32,35)(H,33,36)/t21-,23+,24+/m1/s1. The number of hydrogen-bond donors (Lipinski definition) is 4. The van der Waals surface area contributed by atoms with Crippen LogP contribution in [0.2, 0.25) is 0 Å². The molecule has 0 bridgehead atoms. The quantitative estimate of drug-likeness (QED) is 0.206. The van der Waals surface area contributed by atoms with Crippen LogP contribution >= 0.6 is 0 Å². The Kier molecular flexibility index (Phi) is 9.32. The topological polar surface area (TPSA) is 153 Å². The molecule has 206 valence electrons. The van der Waals surface area contributed by atoms with Gasteiger partial charge in [-0.1, -0.05) is 36.8 Å². The van der Waals surface area contributed by atoms with Gasteiger partial charge in [-0.2, -0.15) is 0 Å². The predicted molar refractivity (Wildman–Crippen MR) is 145 cm³/mol. The third-order valence-electron chi connectivity index (χ3n) is 6.98. The first kappa shape index (κ1) is 27.8. The van der Waals surface area contributed by atoms with Crippen LogP contribution in [-0.4, -0.2) is 60.9 Å². The number of nitrogens with one attached hydrogen (secondary N) is 3. The molecular weight excluding hydrogens is 500 g/mol. The zero-order chi connectivity index (χ0) is 27.8. The number of carbonyl (C=O) groups is 4. The number of amides is 2. The number of hydrogen-bond acceptors (Lipinski definition) is 7. The first-order chi connectivity index (χ1) is 18.9. The number of carbonyl (C=O) groups excluding carboxylic acids is 4. The lowest BCUT2D eigenvalue weighted by molar-refractivity contribution is -0.148. The average molecular weight is 535 g/mol. The number of methoxy groups -OCH3 is 1. The minimum atomic E-state index is -0.834. The highest BCUT2D eigenvalue weighted by atomic mass is 16.5. The van der Waals surface area contributed by atoms with E-state index in [1.165, 1.54) is 0 Å². The van der Waals surface area contributed by atoms with E-state index in [1.807, 2.05) is 12.1 Å². The number of rotatable bonds is 12. The molecule has 0 radical (unpaired) electrons. The van der Waals surface area contributed by atoms with Crippen LogP contribution in [0.15, 0.2) is 54.6 Å². The number of Topliss-reactive ketones (excluding diaryl/α,β-unsaturated/α-hetero) is 1. The van der Waals surface area contributed by atoms with Gasteiger partial charge < -0.3 is 30.8 Å². The molecule has 3 atom stereocenters. The Hall–Kier alpha value is -4.18. The summed E-state index contributed by atoms with van der Waals surface area (Å²) < 4.78 is 10.5. The van der Waals surface area contributed by atoms with Crippen LogP contribution in [0, 0.1) is 5.92 Å². The van der Waals surface area contributed by atoms with Gasteiger partial charge in [0.15, 0.2) is 12.4 Å². The molecule has 1 aromatic heterocycles.